The van der Waals surface area contributed by atoms with Gasteiger partial charge in [-0.1, -0.05) is 29.8 Å². The fourth-order valence-electron chi connectivity index (χ4n) is 1.45. The van der Waals surface area contributed by atoms with Crippen LogP contribution in [-0.4, -0.2) is 12.0 Å². The predicted octanol–water partition coefficient (Wildman–Crippen LogP) is -0.0534. The summed E-state index contributed by atoms with van der Waals surface area (Å²) in [4.78, 5) is 3.74. The number of halogens is 4. The van der Waals surface area contributed by atoms with E-state index in [9.17, 15) is 12.9 Å². The number of benzene rings is 1. The maximum Gasteiger partial charge on any atom is 1.00 e. The molecule has 7 heteroatoms. The van der Waals surface area contributed by atoms with Gasteiger partial charge in [-0.2, -0.15) is 0 Å². The van der Waals surface area contributed by atoms with Gasteiger partial charge in [-0.05, 0) is 16.8 Å². The van der Waals surface area contributed by atoms with Gasteiger partial charge in [0.05, 0.1) is 0 Å². The number of nitrogens with zero attached hydrogens (tertiary/aromatic N) is 1. The molecule has 0 atom stereocenters. The van der Waals surface area contributed by atoms with Gasteiger partial charge in [-0.15, -0.1) is 5.46 Å². The molecule has 0 unspecified atom stereocenters. The molecule has 0 radical (unpaired) electrons. The first-order valence-electron chi connectivity index (χ1n) is 4.22. The van der Waals surface area contributed by atoms with E-state index in [4.69, 9.17) is 11.6 Å². The molecule has 0 fully saturated rings. The SMILES string of the molecule is F[B-](F)(F)c1cccc2cnc(Cl)cc12.[K+]. The Morgan fingerprint density at radius 1 is 1.19 bits per heavy atom. The van der Waals surface area contributed by atoms with Gasteiger partial charge in [0.1, 0.15) is 5.15 Å². The summed E-state index contributed by atoms with van der Waals surface area (Å²) >= 11 is 5.57. The van der Waals surface area contributed by atoms with Gasteiger partial charge >= 0.3 is 58.4 Å². The number of fused-ring (bicyclic) bond motifs is 1. The van der Waals surface area contributed by atoms with E-state index < -0.39 is 12.4 Å². The second-order valence-corrected chi connectivity index (χ2v) is 3.54. The summed E-state index contributed by atoms with van der Waals surface area (Å²) < 4.78 is 37.9. The first kappa shape index (κ1) is 14.5. The summed E-state index contributed by atoms with van der Waals surface area (Å²) in [6.45, 7) is -5.02. The molecular weight excluding hydrogens is 264 g/mol. The Morgan fingerprint density at radius 3 is 2.50 bits per heavy atom. The quantitative estimate of drug-likeness (QED) is 0.522. The van der Waals surface area contributed by atoms with Gasteiger partial charge in [0.2, 0.25) is 0 Å². The molecule has 1 aromatic heterocycles. The van der Waals surface area contributed by atoms with Crippen molar-refractivity contribution in [2.75, 3.05) is 0 Å². The summed E-state index contributed by atoms with van der Waals surface area (Å²) in [7, 11) is 0. The average molecular weight is 270 g/mol. The Kier molecular flexibility index (Phi) is 4.86. The van der Waals surface area contributed by atoms with E-state index in [-0.39, 0.29) is 61.9 Å². The zero-order chi connectivity index (χ0) is 11.1. The third-order valence-corrected chi connectivity index (χ3v) is 2.32. The minimum atomic E-state index is -5.02. The Bertz CT molecular complexity index is 518. The number of pyridine rings is 1. The van der Waals surface area contributed by atoms with E-state index in [2.05, 4.69) is 4.98 Å². The molecule has 0 spiro atoms. The van der Waals surface area contributed by atoms with Crippen LogP contribution < -0.4 is 56.8 Å². The molecule has 0 saturated heterocycles. The van der Waals surface area contributed by atoms with Crippen LogP contribution >= 0.6 is 11.6 Å². The van der Waals surface area contributed by atoms with E-state index in [1.165, 1.54) is 18.3 Å². The number of aromatic nitrogens is 1. The summed E-state index contributed by atoms with van der Waals surface area (Å²) in [5, 5.41) is 0.608. The molecule has 1 heterocycles. The Hall–Kier alpha value is 0.411. The summed E-state index contributed by atoms with van der Waals surface area (Å²) in [6.07, 6.45) is 1.34. The molecule has 0 N–H and O–H groups in total. The van der Waals surface area contributed by atoms with Gasteiger partial charge in [0.25, 0.3) is 0 Å². The van der Waals surface area contributed by atoms with Crippen molar-refractivity contribution >= 4 is 34.8 Å². The molecule has 78 valence electrons. The van der Waals surface area contributed by atoms with Crippen LogP contribution in [0, 0.1) is 0 Å². The molecule has 0 aliphatic carbocycles. The first-order chi connectivity index (χ1) is 6.98. The molecule has 16 heavy (non-hydrogen) atoms. The van der Waals surface area contributed by atoms with Crippen LogP contribution in [0.25, 0.3) is 10.8 Å². The monoisotopic (exact) mass is 269 g/mol. The van der Waals surface area contributed by atoms with E-state index in [1.54, 1.807) is 6.07 Å². The molecule has 0 saturated carbocycles. The van der Waals surface area contributed by atoms with Crippen LogP contribution in [-0.2, 0) is 0 Å². The second-order valence-electron chi connectivity index (χ2n) is 3.15. The Labute approximate surface area is 138 Å². The summed E-state index contributed by atoms with van der Waals surface area (Å²) in [5.74, 6) is 0. The second kappa shape index (κ2) is 5.37. The van der Waals surface area contributed by atoms with Crippen LogP contribution in [0.3, 0.4) is 0 Å². The molecule has 1 aromatic carbocycles. The normalized spacial score (nSPS) is 11.2. The summed E-state index contributed by atoms with van der Waals surface area (Å²) in [6, 6.07) is 5.23. The molecule has 2 rings (SSSR count). The average Bonchev–Trinajstić information content (AvgIpc) is 2.15. The first-order valence-corrected chi connectivity index (χ1v) is 4.60. The van der Waals surface area contributed by atoms with Gasteiger partial charge < -0.3 is 12.9 Å². The van der Waals surface area contributed by atoms with Crippen LogP contribution in [0.1, 0.15) is 0 Å². The number of hydrogen-bond acceptors (Lipinski definition) is 1. The van der Waals surface area contributed by atoms with Crippen LogP contribution in [0.15, 0.2) is 30.5 Å². The maximum absolute atomic E-state index is 12.6. The third-order valence-electron chi connectivity index (χ3n) is 2.12. The molecule has 0 amide bonds. The van der Waals surface area contributed by atoms with Crippen molar-refractivity contribution in [1.29, 1.82) is 0 Å². The van der Waals surface area contributed by atoms with Gasteiger partial charge in [0, 0.05) is 6.20 Å². The minimum absolute atomic E-state index is 0. The molecule has 0 bridgehead atoms. The van der Waals surface area contributed by atoms with E-state index >= 15 is 0 Å². The van der Waals surface area contributed by atoms with Gasteiger partial charge in [-0.3, -0.25) is 0 Å². The van der Waals surface area contributed by atoms with Gasteiger partial charge in [0.15, 0.2) is 0 Å². The molecular formula is C9H5BClF3KN. The van der Waals surface area contributed by atoms with E-state index in [0.29, 0.717) is 5.39 Å². The maximum atomic E-state index is 12.6. The topological polar surface area (TPSA) is 12.9 Å². The zero-order valence-corrected chi connectivity index (χ0v) is 12.3. The smallest absolute Gasteiger partial charge is 0.445 e. The zero-order valence-electron chi connectivity index (χ0n) is 8.42. The van der Waals surface area contributed by atoms with Crippen LogP contribution in [0.5, 0.6) is 0 Å². The largest absolute Gasteiger partial charge is 1.00 e. The molecule has 1 nitrogen and oxygen atoms in total. The Balaban J connectivity index is 0.00000128. The van der Waals surface area contributed by atoms with Crippen molar-refractivity contribution < 1.29 is 64.3 Å². The third kappa shape index (κ3) is 3.00. The van der Waals surface area contributed by atoms with Crippen molar-refractivity contribution in [2.24, 2.45) is 0 Å². The van der Waals surface area contributed by atoms with Crippen LogP contribution in [0.4, 0.5) is 12.9 Å². The number of rotatable bonds is 1. The predicted molar refractivity (Wildman–Crippen MR) is 55.5 cm³/mol. The van der Waals surface area contributed by atoms with Crippen molar-refractivity contribution in [1.82, 2.24) is 4.98 Å². The minimum Gasteiger partial charge on any atom is -0.445 e. The van der Waals surface area contributed by atoms with Crippen LogP contribution in [0.2, 0.25) is 5.15 Å². The fraction of sp³-hybridized carbons (Fsp3) is 0. The molecule has 2 aromatic rings. The molecule has 0 aliphatic rings. The van der Waals surface area contributed by atoms with Crippen molar-refractivity contribution in [3.05, 3.63) is 35.6 Å². The number of hydrogen-bond donors (Lipinski definition) is 0. The van der Waals surface area contributed by atoms with Crippen molar-refractivity contribution in [2.45, 2.75) is 0 Å². The van der Waals surface area contributed by atoms with E-state index in [0.717, 1.165) is 6.07 Å². The van der Waals surface area contributed by atoms with Crippen molar-refractivity contribution in [3.63, 3.8) is 0 Å². The van der Waals surface area contributed by atoms with Gasteiger partial charge in [-0.25, -0.2) is 4.98 Å². The summed E-state index contributed by atoms with van der Waals surface area (Å²) in [5.41, 5.74) is -0.628. The fourth-order valence-corrected chi connectivity index (χ4v) is 1.61. The Morgan fingerprint density at radius 2 is 1.88 bits per heavy atom. The standard InChI is InChI=1S/C9H5BClF3N.K/c11-9-4-7-6(5-15-9)2-1-3-8(7)10(12,13)14;/h1-5H;/q-1;+1. The molecule has 0 aliphatic heterocycles. The van der Waals surface area contributed by atoms with E-state index in [1.807, 2.05) is 0 Å². The van der Waals surface area contributed by atoms with Crippen molar-refractivity contribution in [3.8, 4) is 0 Å².